The molecule has 2 aliphatic carbocycles. The highest BCUT2D eigenvalue weighted by molar-refractivity contribution is 5.11. The lowest BCUT2D eigenvalue weighted by Crippen LogP contribution is -2.39. The molecule has 4 nitrogen and oxygen atoms in total. The minimum atomic E-state index is 0.135. The number of rotatable bonds is 8. The molecule has 4 heteroatoms. The third kappa shape index (κ3) is 2.76. The lowest BCUT2D eigenvalue weighted by atomic mass is 9.70. The van der Waals surface area contributed by atoms with Crippen LogP contribution in [-0.4, -0.2) is 60.7 Å². The summed E-state index contributed by atoms with van der Waals surface area (Å²) in [6.45, 7) is 10.2. The van der Waals surface area contributed by atoms with E-state index in [1.54, 1.807) is 0 Å². The van der Waals surface area contributed by atoms with Crippen molar-refractivity contribution < 1.29 is 14.9 Å². The normalized spacial score (nSPS) is 35.1. The maximum atomic E-state index is 9.01. The zero-order valence-electron chi connectivity index (χ0n) is 13.3. The summed E-state index contributed by atoms with van der Waals surface area (Å²) in [5.74, 6) is 0.809. The van der Waals surface area contributed by atoms with Crippen molar-refractivity contribution in [3.05, 3.63) is 0 Å². The average molecular weight is 285 g/mol. The molecule has 0 spiro atoms. The Kier molecular flexibility index (Phi) is 5.11. The van der Waals surface area contributed by atoms with Gasteiger partial charge in [0.25, 0.3) is 0 Å². The molecule has 0 amide bonds. The predicted octanol–water partition coefficient (Wildman–Crippen LogP) is 1.50. The van der Waals surface area contributed by atoms with Crippen molar-refractivity contribution in [1.82, 2.24) is 4.90 Å². The fourth-order valence-electron chi connectivity index (χ4n) is 4.32. The molecule has 2 saturated carbocycles. The quantitative estimate of drug-likeness (QED) is 0.710. The van der Waals surface area contributed by atoms with E-state index in [4.69, 9.17) is 14.9 Å². The van der Waals surface area contributed by atoms with Crippen LogP contribution in [-0.2, 0) is 4.74 Å². The Hall–Kier alpha value is -0.160. The fraction of sp³-hybridized carbons (Fsp3) is 1.00. The lowest BCUT2D eigenvalue weighted by molar-refractivity contribution is -0.0529. The SMILES string of the molecule is CC1(C)[C@@H]2CC[C@@]1(C)[C@H](OCCN(CCO)CCO)C2. The number of nitrogens with zero attached hydrogens (tertiary/aromatic N) is 1. The molecule has 0 aromatic rings. The monoisotopic (exact) mass is 285 g/mol. The van der Waals surface area contributed by atoms with E-state index < -0.39 is 0 Å². The van der Waals surface area contributed by atoms with E-state index in [1.165, 1.54) is 19.3 Å². The van der Waals surface area contributed by atoms with Crippen molar-refractivity contribution in [2.75, 3.05) is 39.5 Å². The van der Waals surface area contributed by atoms with Crippen molar-refractivity contribution in [1.29, 1.82) is 0 Å². The first-order valence-corrected chi connectivity index (χ1v) is 8.01. The zero-order valence-corrected chi connectivity index (χ0v) is 13.3. The first kappa shape index (κ1) is 16.2. The number of aliphatic hydroxyl groups excluding tert-OH is 2. The van der Waals surface area contributed by atoms with Gasteiger partial charge in [-0.2, -0.15) is 0 Å². The molecular weight excluding hydrogens is 254 g/mol. The van der Waals surface area contributed by atoms with Gasteiger partial charge in [-0.15, -0.1) is 0 Å². The lowest BCUT2D eigenvalue weighted by Gasteiger charge is -2.39. The molecule has 2 N–H and O–H groups in total. The van der Waals surface area contributed by atoms with Gasteiger partial charge in [0, 0.05) is 19.6 Å². The third-order valence-corrected chi connectivity index (χ3v) is 6.27. The second-order valence-electron chi connectivity index (χ2n) is 7.26. The van der Waals surface area contributed by atoms with E-state index in [2.05, 4.69) is 25.7 Å². The summed E-state index contributed by atoms with van der Waals surface area (Å²) in [4.78, 5) is 2.06. The first-order valence-electron chi connectivity index (χ1n) is 8.01. The first-order chi connectivity index (χ1) is 9.45. The summed E-state index contributed by atoms with van der Waals surface area (Å²) >= 11 is 0. The van der Waals surface area contributed by atoms with Crippen molar-refractivity contribution in [2.24, 2.45) is 16.7 Å². The highest BCUT2D eigenvalue weighted by Crippen LogP contribution is 2.66. The molecule has 20 heavy (non-hydrogen) atoms. The number of hydrogen-bond acceptors (Lipinski definition) is 4. The highest BCUT2D eigenvalue weighted by atomic mass is 16.5. The Morgan fingerprint density at radius 2 is 1.75 bits per heavy atom. The van der Waals surface area contributed by atoms with Gasteiger partial charge in [0.05, 0.1) is 25.9 Å². The average Bonchev–Trinajstić information content (AvgIpc) is 2.72. The largest absolute Gasteiger partial charge is 0.395 e. The Bertz CT molecular complexity index is 315. The van der Waals surface area contributed by atoms with Gasteiger partial charge in [0.15, 0.2) is 0 Å². The van der Waals surface area contributed by atoms with Crippen molar-refractivity contribution in [3.8, 4) is 0 Å². The van der Waals surface area contributed by atoms with Gasteiger partial charge in [-0.1, -0.05) is 20.8 Å². The Balaban J connectivity index is 1.81. The molecular formula is C16H31NO3. The third-order valence-electron chi connectivity index (χ3n) is 6.27. The maximum absolute atomic E-state index is 9.01. The summed E-state index contributed by atoms with van der Waals surface area (Å²) < 4.78 is 6.19. The van der Waals surface area contributed by atoms with Crippen molar-refractivity contribution in [3.63, 3.8) is 0 Å². The van der Waals surface area contributed by atoms with E-state index in [0.29, 0.717) is 36.6 Å². The maximum Gasteiger partial charge on any atom is 0.0637 e. The number of fused-ring (bicyclic) bond motifs is 2. The highest BCUT2D eigenvalue weighted by Gasteiger charge is 2.61. The van der Waals surface area contributed by atoms with Gasteiger partial charge in [-0.25, -0.2) is 0 Å². The molecule has 0 saturated heterocycles. The predicted molar refractivity (Wildman–Crippen MR) is 79.6 cm³/mol. The van der Waals surface area contributed by atoms with E-state index in [0.717, 1.165) is 12.5 Å². The Morgan fingerprint density at radius 3 is 2.20 bits per heavy atom. The molecule has 2 bridgehead atoms. The zero-order chi connectivity index (χ0) is 14.8. The number of aliphatic hydroxyl groups is 2. The molecule has 0 aliphatic heterocycles. The van der Waals surface area contributed by atoms with Gasteiger partial charge in [0.2, 0.25) is 0 Å². The van der Waals surface area contributed by atoms with E-state index in [1.807, 2.05) is 0 Å². The van der Waals surface area contributed by atoms with Gasteiger partial charge >= 0.3 is 0 Å². The standard InChI is InChI=1S/C16H31NO3/c1-15(2)13-4-5-16(15,3)14(12-13)20-11-8-17(6-9-18)7-10-19/h13-14,18-19H,4-12H2,1-3H3/t13-,14-,16+/m1/s1. The molecule has 0 aromatic heterocycles. The van der Waals surface area contributed by atoms with Gasteiger partial charge in [0.1, 0.15) is 0 Å². The van der Waals surface area contributed by atoms with Crippen LogP contribution in [0.15, 0.2) is 0 Å². The second kappa shape index (κ2) is 6.30. The molecule has 0 radical (unpaired) electrons. The number of hydrogen-bond donors (Lipinski definition) is 2. The fourth-order valence-corrected chi connectivity index (χ4v) is 4.32. The number of ether oxygens (including phenoxy) is 1. The van der Waals surface area contributed by atoms with Crippen LogP contribution in [0.2, 0.25) is 0 Å². The topological polar surface area (TPSA) is 52.9 Å². The minimum absolute atomic E-state index is 0.135. The Morgan fingerprint density at radius 1 is 1.10 bits per heavy atom. The summed E-state index contributed by atoms with van der Waals surface area (Å²) in [6, 6.07) is 0. The molecule has 0 heterocycles. The van der Waals surface area contributed by atoms with Crippen LogP contribution in [0.25, 0.3) is 0 Å². The molecule has 3 atom stereocenters. The molecule has 0 unspecified atom stereocenters. The summed E-state index contributed by atoms with van der Waals surface area (Å²) in [5.41, 5.74) is 0.712. The van der Waals surface area contributed by atoms with Crippen molar-refractivity contribution in [2.45, 2.75) is 46.1 Å². The van der Waals surface area contributed by atoms with Crippen LogP contribution in [0, 0.1) is 16.7 Å². The van der Waals surface area contributed by atoms with Crippen LogP contribution in [0.4, 0.5) is 0 Å². The summed E-state index contributed by atoms with van der Waals surface area (Å²) in [6.07, 6.45) is 4.21. The molecule has 2 aliphatic rings. The van der Waals surface area contributed by atoms with E-state index in [9.17, 15) is 0 Å². The Labute approximate surface area is 123 Å². The summed E-state index contributed by atoms with van der Waals surface area (Å²) in [5, 5.41) is 18.0. The van der Waals surface area contributed by atoms with Gasteiger partial charge < -0.3 is 14.9 Å². The molecule has 2 fully saturated rings. The van der Waals surface area contributed by atoms with Crippen LogP contribution < -0.4 is 0 Å². The van der Waals surface area contributed by atoms with Crippen molar-refractivity contribution >= 4 is 0 Å². The summed E-state index contributed by atoms with van der Waals surface area (Å²) in [7, 11) is 0. The van der Waals surface area contributed by atoms with Crippen LogP contribution in [0.3, 0.4) is 0 Å². The molecule has 2 rings (SSSR count). The molecule has 118 valence electrons. The molecule has 0 aromatic carbocycles. The van der Waals surface area contributed by atoms with Crippen LogP contribution in [0.1, 0.15) is 40.0 Å². The van der Waals surface area contributed by atoms with Crippen LogP contribution in [0.5, 0.6) is 0 Å². The smallest absolute Gasteiger partial charge is 0.0637 e. The second-order valence-corrected chi connectivity index (χ2v) is 7.26. The van der Waals surface area contributed by atoms with Gasteiger partial charge in [-0.05, 0) is 36.0 Å². The van der Waals surface area contributed by atoms with E-state index in [-0.39, 0.29) is 13.2 Å². The minimum Gasteiger partial charge on any atom is -0.395 e. The van der Waals surface area contributed by atoms with E-state index >= 15 is 0 Å². The van der Waals surface area contributed by atoms with Gasteiger partial charge in [-0.3, -0.25) is 4.90 Å². The van der Waals surface area contributed by atoms with Crippen LogP contribution >= 0.6 is 0 Å².